The zero-order chi connectivity index (χ0) is 12.7. The van der Waals surface area contributed by atoms with Crippen molar-refractivity contribution in [2.24, 2.45) is 4.99 Å². The van der Waals surface area contributed by atoms with E-state index in [1.165, 1.54) is 23.1 Å². The number of rotatable bonds is 5. The van der Waals surface area contributed by atoms with Gasteiger partial charge in [-0.1, -0.05) is 43.2 Å². The molecule has 1 rings (SSSR count). The number of allylic oxidation sites excluding steroid dienone is 2. The molecular formula is C16H23N. The molecule has 0 amide bonds. The lowest BCUT2D eigenvalue weighted by Gasteiger charge is -2.10. The normalized spacial score (nSPS) is 12.4. The first kappa shape index (κ1) is 13.7. The van der Waals surface area contributed by atoms with Crippen molar-refractivity contribution >= 4 is 6.21 Å². The highest BCUT2D eigenvalue weighted by Crippen LogP contribution is 2.18. The summed E-state index contributed by atoms with van der Waals surface area (Å²) in [5.74, 6) is 0. The largest absolute Gasteiger partial charge is 0.266 e. The first-order valence-electron chi connectivity index (χ1n) is 6.43. The van der Waals surface area contributed by atoms with Crippen molar-refractivity contribution < 1.29 is 0 Å². The van der Waals surface area contributed by atoms with Crippen LogP contribution in [0.5, 0.6) is 0 Å². The molecule has 92 valence electrons. The second-order valence-corrected chi connectivity index (χ2v) is 4.37. The van der Waals surface area contributed by atoms with Gasteiger partial charge >= 0.3 is 0 Å². The Morgan fingerprint density at radius 2 is 2.00 bits per heavy atom. The fourth-order valence-corrected chi connectivity index (χ4v) is 2.01. The summed E-state index contributed by atoms with van der Waals surface area (Å²) >= 11 is 0. The highest BCUT2D eigenvalue weighted by molar-refractivity contribution is 5.55. The van der Waals surface area contributed by atoms with Crippen molar-refractivity contribution in [3.05, 3.63) is 46.7 Å². The Morgan fingerprint density at radius 1 is 1.24 bits per heavy atom. The minimum Gasteiger partial charge on any atom is -0.266 e. The number of hydrogen-bond donors (Lipinski definition) is 0. The molecule has 0 aliphatic carbocycles. The molecule has 1 nitrogen and oxygen atoms in total. The number of aliphatic imine (C=N–C) groups is 1. The molecule has 0 bridgehead atoms. The van der Waals surface area contributed by atoms with Gasteiger partial charge in [0.15, 0.2) is 0 Å². The van der Waals surface area contributed by atoms with Gasteiger partial charge in [-0.25, -0.2) is 0 Å². The van der Waals surface area contributed by atoms with Crippen LogP contribution in [0.4, 0.5) is 0 Å². The molecule has 0 atom stereocenters. The van der Waals surface area contributed by atoms with Crippen LogP contribution in [0, 0.1) is 6.92 Å². The SMILES string of the molecule is CC=N/C(=C\C)Cc1ccc(C)cc1CCC. The molecule has 0 radical (unpaired) electrons. The van der Waals surface area contributed by atoms with E-state index in [4.69, 9.17) is 0 Å². The van der Waals surface area contributed by atoms with E-state index in [0.29, 0.717) is 0 Å². The Balaban J connectivity index is 2.96. The molecule has 0 spiro atoms. The lowest BCUT2D eigenvalue weighted by Crippen LogP contribution is -1.97. The van der Waals surface area contributed by atoms with Crippen LogP contribution < -0.4 is 0 Å². The van der Waals surface area contributed by atoms with Crippen molar-refractivity contribution in [1.82, 2.24) is 0 Å². The summed E-state index contributed by atoms with van der Waals surface area (Å²) < 4.78 is 0. The minimum atomic E-state index is 0.941. The highest BCUT2D eigenvalue weighted by Gasteiger charge is 2.04. The van der Waals surface area contributed by atoms with Gasteiger partial charge in [0.25, 0.3) is 0 Å². The van der Waals surface area contributed by atoms with E-state index < -0.39 is 0 Å². The number of hydrogen-bond acceptors (Lipinski definition) is 1. The zero-order valence-corrected chi connectivity index (χ0v) is 11.5. The number of aryl methyl sites for hydroxylation is 2. The van der Waals surface area contributed by atoms with E-state index in [-0.39, 0.29) is 0 Å². The Kier molecular flexibility index (Phi) is 5.68. The van der Waals surface area contributed by atoms with Crippen LogP contribution >= 0.6 is 0 Å². The summed E-state index contributed by atoms with van der Waals surface area (Å²) in [6, 6.07) is 6.74. The molecule has 0 N–H and O–H groups in total. The minimum absolute atomic E-state index is 0.941. The van der Waals surface area contributed by atoms with E-state index in [9.17, 15) is 0 Å². The van der Waals surface area contributed by atoms with Gasteiger partial charge < -0.3 is 0 Å². The van der Waals surface area contributed by atoms with Crippen molar-refractivity contribution in [3.63, 3.8) is 0 Å². The fraction of sp³-hybridized carbons (Fsp3) is 0.438. The molecule has 1 heteroatoms. The van der Waals surface area contributed by atoms with Crippen molar-refractivity contribution in [3.8, 4) is 0 Å². The van der Waals surface area contributed by atoms with Gasteiger partial charge in [0, 0.05) is 18.3 Å². The highest BCUT2D eigenvalue weighted by atomic mass is 14.7. The van der Waals surface area contributed by atoms with Gasteiger partial charge in [-0.05, 0) is 38.3 Å². The topological polar surface area (TPSA) is 12.4 Å². The number of nitrogens with zero attached hydrogens (tertiary/aromatic N) is 1. The van der Waals surface area contributed by atoms with Crippen LogP contribution in [0.25, 0.3) is 0 Å². The standard InChI is InChI=1S/C16H23N/c1-5-8-14-11-13(4)9-10-15(14)12-16(6-2)17-7-3/h6-7,9-11H,5,8,12H2,1-4H3/b16-6-,17-7?. The van der Waals surface area contributed by atoms with Gasteiger partial charge in [0.1, 0.15) is 0 Å². The van der Waals surface area contributed by atoms with E-state index in [1.54, 1.807) is 0 Å². The molecule has 0 aromatic heterocycles. The third-order valence-electron chi connectivity index (χ3n) is 2.88. The maximum Gasteiger partial charge on any atom is 0.0400 e. The molecule has 1 aromatic carbocycles. The maximum absolute atomic E-state index is 4.40. The smallest absolute Gasteiger partial charge is 0.0400 e. The third-order valence-corrected chi connectivity index (χ3v) is 2.88. The molecule has 17 heavy (non-hydrogen) atoms. The molecular weight excluding hydrogens is 206 g/mol. The monoisotopic (exact) mass is 229 g/mol. The molecule has 0 aliphatic heterocycles. The predicted octanol–water partition coefficient (Wildman–Crippen LogP) is 4.48. The van der Waals surface area contributed by atoms with Gasteiger partial charge in [0.05, 0.1) is 0 Å². The van der Waals surface area contributed by atoms with Gasteiger partial charge in [0.2, 0.25) is 0 Å². The second-order valence-electron chi connectivity index (χ2n) is 4.37. The van der Waals surface area contributed by atoms with Crippen LogP contribution in [0.1, 0.15) is 43.9 Å². The van der Waals surface area contributed by atoms with Crippen LogP contribution in [-0.4, -0.2) is 6.21 Å². The Bertz CT molecular complexity index is 414. The molecule has 0 fully saturated rings. The van der Waals surface area contributed by atoms with Crippen molar-refractivity contribution in [2.45, 2.75) is 47.0 Å². The number of benzene rings is 1. The predicted molar refractivity (Wildman–Crippen MR) is 76.8 cm³/mol. The maximum atomic E-state index is 4.40. The molecule has 0 aliphatic rings. The van der Waals surface area contributed by atoms with Crippen LogP contribution in [0.2, 0.25) is 0 Å². The Hall–Kier alpha value is -1.37. The van der Waals surface area contributed by atoms with Gasteiger partial charge in [-0.2, -0.15) is 0 Å². The van der Waals surface area contributed by atoms with E-state index in [2.05, 4.69) is 50.0 Å². The van der Waals surface area contributed by atoms with Crippen molar-refractivity contribution in [1.29, 1.82) is 0 Å². The summed E-state index contributed by atoms with van der Waals surface area (Å²) in [5, 5.41) is 0. The molecule has 1 aromatic rings. The fourth-order valence-electron chi connectivity index (χ4n) is 2.01. The summed E-state index contributed by atoms with van der Waals surface area (Å²) in [5.41, 5.74) is 5.38. The zero-order valence-electron chi connectivity index (χ0n) is 11.5. The first-order valence-corrected chi connectivity index (χ1v) is 6.43. The summed E-state index contributed by atoms with van der Waals surface area (Å²) in [7, 11) is 0. The van der Waals surface area contributed by atoms with Crippen LogP contribution in [0.15, 0.2) is 35.0 Å². The second kappa shape index (κ2) is 7.05. The average Bonchev–Trinajstić information content (AvgIpc) is 2.32. The van der Waals surface area contributed by atoms with Gasteiger partial charge in [-0.15, -0.1) is 0 Å². The summed E-state index contributed by atoms with van der Waals surface area (Å²) in [4.78, 5) is 4.40. The molecule has 0 heterocycles. The molecule has 0 saturated heterocycles. The van der Waals surface area contributed by atoms with E-state index >= 15 is 0 Å². The average molecular weight is 229 g/mol. The summed E-state index contributed by atoms with van der Waals surface area (Å²) in [6.07, 6.45) is 7.25. The van der Waals surface area contributed by atoms with Gasteiger partial charge in [-0.3, -0.25) is 4.99 Å². The van der Waals surface area contributed by atoms with E-state index in [1.807, 2.05) is 13.1 Å². The molecule has 0 saturated carbocycles. The van der Waals surface area contributed by atoms with Crippen LogP contribution in [-0.2, 0) is 12.8 Å². The third kappa shape index (κ3) is 4.18. The lowest BCUT2D eigenvalue weighted by molar-refractivity contribution is 0.898. The van der Waals surface area contributed by atoms with E-state index in [0.717, 1.165) is 18.5 Å². The first-order chi connectivity index (χ1) is 8.21. The quantitative estimate of drug-likeness (QED) is 0.660. The summed E-state index contributed by atoms with van der Waals surface area (Å²) in [6.45, 7) is 8.40. The Morgan fingerprint density at radius 3 is 2.59 bits per heavy atom. The van der Waals surface area contributed by atoms with Crippen molar-refractivity contribution in [2.75, 3.05) is 0 Å². The molecule has 0 unspecified atom stereocenters. The lowest BCUT2D eigenvalue weighted by atomic mass is 9.97. The Labute approximate surface area is 105 Å². The van der Waals surface area contributed by atoms with Crippen LogP contribution in [0.3, 0.4) is 0 Å².